The first-order valence-corrected chi connectivity index (χ1v) is 6.43. The molecule has 0 heterocycles. The number of hydrogen-bond acceptors (Lipinski definition) is 4. The minimum absolute atomic E-state index is 0.167. The summed E-state index contributed by atoms with van der Waals surface area (Å²) in [6, 6.07) is 13.5. The van der Waals surface area contributed by atoms with Crippen LogP contribution >= 0.6 is 0 Å². The summed E-state index contributed by atoms with van der Waals surface area (Å²) < 4.78 is 5.21. The molecule has 0 aliphatic heterocycles. The molecule has 4 nitrogen and oxygen atoms in total. The molecule has 0 saturated heterocycles. The van der Waals surface area contributed by atoms with Gasteiger partial charge in [0.25, 0.3) is 0 Å². The van der Waals surface area contributed by atoms with Crippen LogP contribution in [-0.4, -0.2) is 30.1 Å². The van der Waals surface area contributed by atoms with Crippen LogP contribution in [0.2, 0.25) is 0 Å². The monoisotopic (exact) mass is 282 g/mol. The first-order valence-electron chi connectivity index (χ1n) is 6.43. The topological polar surface area (TPSA) is 66.8 Å². The van der Waals surface area contributed by atoms with Gasteiger partial charge in [-0.2, -0.15) is 0 Å². The van der Waals surface area contributed by atoms with Gasteiger partial charge in [0.15, 0.2) is 5.78 Å². The first-order chi connectivity index (χ1) is 10.1. The van der Waals surface area contributed by atoms with Crippen LogP contribution in [0.25, 0.3) is 6.08 Å². The SMILES string of the molecule is COc1ccccc1/C=C/C(=O)c1ccc(B(O)O)cc1. The van der Waals surface area contributed by atoms with E-state index in [1.54, 1.807) is 25.3 Å². The molecular formula is C16H15BO4. The molecule has 0 radical (unpaired) electrons. The van der Waals surface area contributed by atoms with E-state index in [9.17, 15) is 4.79 Å². The zero-order valence-corrected chi connectivity index (χ0v) is 11.6. The highest BCUT2D eigenvalue weighted by atomic mass is 16.5. The number of ketones is 1. The van der Waals surface area contributed by atoms with Crippen molar-refractivity contribution in [2.75, 3.05) is 7.11 Å². The third kappa shape index (κ3) is 3.81. The standard InChI is InChI=1S/C16H15BO4/c1-21-16-5-3-2-4-13(16)8-11-15(18)12-6-9-14(10-7-12)17(19)20/h2-11,19-20H,1H3/b11-8+. The molecule has 0 aliphatic carbocycles. The molecule has 0 saturated carbocycles. The van der Waals surface area contributed by atoms with Crippen LogP contribution in [0.4, 0.5) is 0 Å². The molecule has 2 aromatic rings. The summed E-state index contributed by atoms with van der Waals surface area (Å²) in [4.78, 5) is 12.0. The largest absolute Gasteiger partial charge is 0.496 e. The summed E-state index contributed by atoms with van der Waals surface area (Å²) >= 11 is 0. The van der Waals surface area contributed by atoms with Crippen molar-refractivity contribution in [2.45, 2.75) is 0 Å². The van der Waals surface area contributed by atoms with Crippen molar-refractivity contribution < 1.29 is 19.6 Å². The van der Waals surface area contributed by atoms with Gasteiger partial charge in [-0.1, -0.05) is 42.5 Å². The van der Waals surface area contributed by atoms with Crippen molar-refractivity contribution in [1.29, 1.82) is 0 Å². The van der Waals surface area contributed by atoms with Gasteiger partial charge in [-0.05, 0) is 23.7 Å². The molecular weight excluding hydrogens is 267 g/mol. The molecule has 0 spiro atoms. The van der Waals surface area contributed by atoms with Crippen molar-refractivity contribution in [2.24, 2.45) is 0 Å². The fourth-order valence-corrected chi connectivity index (χ4v) is 1.89. The summed E-state index contributed by atoms with van der Waals surface area (Å²) in [7, 11) is 0.0474. The van der Waals surface area contributed by atoms with E-state index in [-0.39, 0.29) is 5.78 Å². The van der Waals surface area contributed by atoms with Gasteiger partial charge in [0.05, 0.1) is 7.11 Å². The summed E-state index contributed by atoms with van der Waals surface area (Å²) in [6.45, 7) is 0. The Morgan fingerprint density at radius 3 is 2.38 bits per heavy atom. The number of rotatable bonds is 5. The lowest BCUT2D eigenvalue weighted by atomic mass is 9.80. The summed E-state index contributed by atoms with van der Waals surface area (Å²) in [6.07, 6.45) is 3.15. The van der Waals surface area contributed by atoms with Gasteiger partial charge in [-0.25, -0.2) is 0 Å². The number of benzene rings is 2. The van der Waals surface area contributed by atoms with Gasteiger partial charge in [0.2, 0.25) is 0 Å². The molecule has 2 aromatic carbocycles. The Labute approximate surface area is 123 Å². The van der Waals surface area contributed by atoms with Crippen molar-refractivity contribution in [3.05, 3.63) is 65.7 Å². The Bertz CT molecular complexity index is 648. The number of methoxy groups -OCH3 is 1. The lowest BCUT2D eigenvalue weighted by molar-refractivity contribution is 0.104. The Morgan fingerprint density at radius 2 is 1.76 bits per heavy atom. The summed E-state index contributed by atoms with van der Waals surface area (Å²) in [5.74, 6) is 0.528. The Hall–Kier alpha value is -2.37. The molecule has 5 heteroatoms. The smallest absolute Gasteiger partial charge is 0.488 e. The number of para-hydroxylation sites is 1. The molecule has 0 aliphatic rings. The Morgan fingerprint density at radius 1 is 1.10 bits per heavy atom. The van der Waals surface area contributed by atoms with Crippen LogP contribution in [-0.2, 0) is 0 Å². The second-order valence-corrected chi connectivity index (χ2v) is 4.44. The fraction of sp³-hybridized carbons (Fsp3) is 0.0625. The maximum atomic E-state index is 12.0. The number of allylic oxidation sites excluding steroid dienone is 1. The number of carbonyl (C=O) groups excluding carboxylic acids is 1. The van der Waals surface area contributed by atoms with E-state index in [1.165, 1.54) is 18.2 Å². The van der Waals surface area contributed by atoms with Crippen molar-refractivity contribution in [3.8, 4) is 5.75 Å². The zero-order chi connectivity index (χ0) is 15.2. The minimum Gasteiger partial charge on any atom is -0.496 e. The first kappa shape index (κ1) is 15.0. The molecule has 2 N–H and O–H groups in total. The van der Waals surface area contributed by atoms with E-state index >= 15 is 0 Å². The lowest BCUT2D eigenvalue weighted by Crippen LogP contribution is -2.29. The highest BCUT2D eigenvalue weighted by Crippen LogP contribution is 2.18. The molecule has 0 amide bonds. The van der Waals surface area contributed by atoms with Crippen molar-refractivity contribution >= 4 is 24.4 Å². The van der Waals surface area contributed by atoms with E-state index in [0.29, 0.717) is 16.8 Å². The van der Waals surface area contributed by atoms with E-state index in [1.807, 2.05) is 24.3 Å². The van der Waals surface area contributed by atoms with Crippen molar-refractivity contribution in [3.63, 3.8) is 0 Å². The number of hydrogen-bond donors (Lipinski definition) is 2. The maximum absolute atomic E-state index is 12.0. The highest BCUT2D eigenvalue weighted by molar-refractivity contribution is 6.58. The molecule has 0 unspecified atom stereocenters. The van der Waals surface area contributed by atoms with Gasteiger partial charge in [-0.15, -0.1) is 0 Å². The fourth-order valence-electron chi connectivity index (χ4n) is 1.89. The minimum atomic E-state index is -1.53. The van der Waals surface area contributed by atoms with E-state index in [0.717, 1.165) is 5.56 Å². The maximum Gasteiger partial charge on any atom is 0.488 e. The Kier molecular flexibility index (Phi) is 4.92. The second-order valence-electron chi connectivity index (χ2n) is 4.44. The third-order valence-corrected chi connectivity index (χ3v) is 3.05. The van der Waals surface area contributed by atoms with Crippen LogP contribution < -0.4 is 10.2 Å². The number of carbonyl (C=O) groups is 1. The van der Waals surface area contributed by atoms with Crippen molar-refractivity contribution in [1.82, 2.24) is 0 Å². The third-order valence-electron chi connectivity index (χ3n) is 3.05. The van der Waals surface area contributed by atoms with Crippen LogP contribution in [0.1, 0.15) is 15.9 Å². The molecule has 0 fully saturated rings. The highest BCUT2D eigenvalue weighted by Gasteiger charge is 2.11. The molecule has 0 aromatic heterocycles. The van der Waals surface area contributed by atoms with E-state index in [4.69, 9.17) is 14.8 Å². The number of ether oxygens (including phenoxy) is 1. The Balaban J connectivity index is 2.15. The van der Waals surface area contributed by atoms with Crippen LogP contribution in [0.5, 0.6) is 5.75 Å². The average molecular weight is 282 g/mol. The summed E-state index contributed by atoms with van der Waals surface area (Å²) in [5.41, 5.74) is 1.64. The van der Waals surface area contributed by atoms with Crippen LogP contribution in [0.15, 0.2) is 54.6 Å². The molecule has 2 rings (SSSR count). The predicted octanol–water partition coefficient (Wildman–Crippen LogP) is 1.27. The second kappa shape index (κ2) is 6.88. The van der Waals surface area contributed by atoms with Gasteiger partial charge < -0.3 is 14.8 Å². The normalized spacial score (nSPS) is 10.6. The van der Waals surface area contributed by atoms with Gasteiger partial charge in [0, 0.05) is 11.1 Å². The molecule has 21 heavy (non-hydrogen) atoms. The predicted molar refractivity (Wildman–Crippen MR) is 82.6 cm³/mol. The quantitative estimate of drug-likeness (QED) is 0.492. The van der Waals surface area contributed by atoms with Gasteiger partial charge in [0.1, 0.15) is 5.75 Å². The molecule has 0 bridgehead atoms. The van der Waals surface area contributed by atoms with Crippen LogP contribution in [0, 0.1) is 0 Å². The average Bonchev–Trinajstić information content (AvgIpc) is 2.52. The molecule has 106 valence electrons. The van der Waals surface area contributed by atoms with Gasteiger partial charge in [-0.3, -0.25) is 4.79 Å². The van der Waals surface area contributed by atoms with Gasteiger partial charge >= 0.3 is 7.12 Å². The van der Waals surface area contributed by atoms with E-state index < -0.39 is 7.12 Å². The lowest BCUT2D eigenvalue weighted by Gasteiger charge is -2.03. The zero-order valence-electron chi connectivity index (χ0n) is 11.6. The summed E-state index contributed by atoms with van der Waals surface area (Å²) in [5, 5.41) is 18.0. The van der Waals surface area contributed by atoms with Crippen LogP contribution in [0.3, 0.4) is 0 Å². The van der Waals surface area contributed by atoms with E-state index in [2.05, 4.69) is 0 Å². The molecule has 0 atom stereocenters.